The number of benzene rings is 2. The van der Waals surface area contributed by atoms with Crippen LogP contribution in [0.2, 0.25) is 0 Å². The van der Waals surface area contributed by atoms with Gasteiger partial charge in [0, 0.05) is 30.1 Å². The Kier molecular flexibility index (Phi) is 5.45. The molecule has 2 fully saturated rings. The maximum atomic E-state index is 13.3. The van der Waals surface area contributed by atoms with Crippen molar-refractivity contribution in [1.82, 2.24) is 4.90 Å². The van der Waals surface area contributed by atoms with E-state index >= 15 is 0 Å². The van der Waals surface area contributed by atoms with Crippen molar-refractivity contribution < 1.29 is 4.79 Å². The fourth-order valence-electron chi connectivity index (χ4n) is 6.93. The second-order valence-corrected chi connectivity index (χ2v) is 10.6. The Balaban J connectivity index is 1.66. The Morgan fingerprint density at radius 2 is 1.66 bits per heavy atom. The zero-order valence-corrected chi connectivity index (χ0v) is 19.3. The van der Waals surface area contributed by atoms with Crippen LogP contribution in [-0.2, 0) is 17.6 Å². The van der Waals surface area contributed by atoms with E-state index in [1.165, 1.54) is 17.5 Å². The van der Waals surface area contributed by atoms with Crippen LogP contribution in [0.4, 0.5) is 0 Å². The molecular formula is C28H35N3O. The summed E-state index contributed by atoms with van der Waals surface area (Å²) in [6.45, 7) is 6.71. The molecule has 4 unspecified atom stereocenters. The standard InChI is InChI=1S/C28H35N3O/c1-20(2)13-14-31-19-23-17-28(26(29)32)27(25(31)24(23)18-30-28,15-21-9-5-3-6-10-21)16-22-11-7-4-8-12-22/h3-12,18,20,23-25H,13-17,19H2,1-2H3,(H2,29,32). The van der Waals surface area contributed by atoms with Gasteiger partial charge in [-0.05, 0) is 55.2 Å². The van der Waals surface area contributed by atoms with Crippen LogP contribution in [0, 0.1) is 23.2 Å². The molecule has 168 valence electrons. The molecule has 4 nitrogen and oxygen atoms in total. The van der Waals surface area contributed by atoms with Crippen LogP contribution in [0.5, 0.6) is 0 Å². The van der Waals surface area contributed by atoms with Gasteiger partial charge < -0.3 is 5.73 Å². The lowest BCUT2D eigenvalue weighted by atomic mass is 9.49. The van der Waals surface area contributed by atoms with Gasteiger partial charge in [-0.15, -0.1) is 0 Å². The third-order valence-corrected chi connectivity index (χ3v) is 8.31. The third-order valence-electron chi connectivity index (χ3n) is 8.31. The molecule has 1 amide bonds. The lowest BCUT2D eigenvalue weighted by Crippen LogP contribution is -2.71. The maximum absolute atomic E-state index is 13.3. The van der Waals surface area contributed by atoms with E-state index in [4.69, 9.17) is 10.7 Å². The zero-order valence-electron chi connectivity index (χ0n) is 19.3. The van der Waals surface area contributed by atoms with Gasteiger partial charge in [0.2, 0.25) is 5.91 Å². The fraction of sp³-hybridized carbons (Fsp3) is 0.500. The number of carbonyl (C=O) groups is 1. The number of rotatable bonds is 8. The highest BCUT2D eigenvalue weighted by molar-refractivity contribution is 5.91. The zero-order chi connectivity index (χ0) is 22.3. The SMILES string of the molecule is CC(C)CCN1CC2CC3(C(N)=O)N=CC2C1C3(Cc1ccccc1)Cc1ccccc1. The van der Waals surface area contributed by atoms with Crippen LogP contribution in [0.15, 0.2) is 65.7 Å². The van der Waals surface area contributed by atoms with Gasteiger partial charge in [-0.1, -0.05) is 74.5 Å². The third kappa shape index (κ3) is 3.31. The van der Waals surface area contributed by atoms with Gasteiger partial charge in [0.25, 0.3) is 0 Å². The molecule has 2 aromatic rings. The number of hydrogen-bond donors (Lipinski definition) is 1. The molecule has 4 aliphatic rings. The number of likely N-dealkylation sites (tertiary alicyclic amines) is 1. The van der Waals surface area contributed by atoms with Gasteiger partial charge >= 0.3 is 0 Å². The van der Waals surface area contributed by atoms with Gasteiger partial charge in [0.05, 0.1) is 0 Å². The molecule has 1 saturated carbocycles. The van der Waals surface area contributed by atoms with Crippen molar-refractivity contribution in [2.75, 3.05) is 13.1 Å². The van der Waals surface area contributed by atoms with Gasteiger partial charge in [-0.3, -0.25) is 14.7 Å². The highest BCUT2D eigenvalue weighted by Gasteiger charge is 2.71. The number of carbonyl (C=O) groups excluding carboxylic acids is 1. The van der Waals surface area contributed by atoms with Crippen molar-refractivity contribution in [1.29, 1.82) is 0 Å². The lowest BCUT2D eigenvalue weighted by Gasteiger charge is -2.59. The predicted molar refractivity (Wildman–Crippen MR) is 130 cm³/mol. The summed E-state index contributed by atoms with van der Waals surface area (Å²) in [7, 11) is 0. The molecule has 3 aliphatic heterocycles. The molecule has 0 aromatic heterocycles. The summed E-state index contributed by atoms with van der Waals surface area (Å²) in [5.74, 6) is 1.27. The second kappa shape index (κ2) is 8.15. The molecule has 0 radical (unpaired) electrons. The van der Waals surface area contributed by atoms with E-state index in [0.29, 0.717) is 17.8 Å². The highest BCUT2D eigenvalue weighted by Crippen LogP contribution is 2.61. The molecule has 6 rings (SSSR count). The normalized spacial score (nSPS) is 30.2. The molecule has 32 heavy (non-hydrogen) atoms. The van der Waals surface area contributed by atoms with Crippen LogP contribution in [0.3, 0.4) is 0 Å². The molecule has 2 N–H and O–H groups in total. The predicted octanol–water partition coefficient (Wildman–Crippen LogP) is 4.13. The number of amides is 1. The molecule has 0 spiro atoms. The number of nitrogens with zero attached hydrogens (tertiary/aromatic N) is 2. The first kappa shape index (κ1) is 21.4. The first-order valence-electron chi connectivity index (χ1n) is 12.1. The van der Waals surface area contributed by atoms with Crippen LogP contribution in [0.1, 0.15) is 37.8 Å². The van der Waals surface area contributed by atoms with E-state index in [1.54, 1.807) is 0 Å². The summed E-state index contributed by atoms with van der Waals surface area (Å²) in [5.41, 5.74) is 7.59. The Bertz CT molecular complexity index is 945. The molecular weight excluding hydrogens is 394 g/mol. The minimum Gasteiger partial charge on any atom is -0.368 e. The van der Waals surface area contributed by atoms with Crippen molar-refractivity contribution in [2.45, 2.75) is 51.1 Å². The maximum Gasteiger partial charge on any atom is 0.245 e. The van der Waals surface area contributed by atoms with Crippen LogP contribution < -0.4 is 5.73 Å². The number of primary amides is 1. The topological polar surface area (TPSA) is 58.7 Å². The summed E-state index contributed by atoms with van der Waals surface area (Å²) in [6, 6.07) is 21.6. The van der Waals surface area contributed by atoms with Crippen molar-refractivity contribution >= 4 is 12.1 Å². The van der Waals surface area contributed by atoms with Crippen LogP contribution >= 0.6 is 0 Å². The van der Waals surface area contributed by atoms with Gasteiger partial charge in [-0.25, -0.2) is 0 Å². The first-order valence-corrected chi connectivity index (χ1v) is 12.1. The molecule has 4 heteroatoms. The Morgan fingerprint density at radius 1 is 1.06 bits per heavy atom. The minimum absolute atomic E-state index is 0.250. The Labute approximate surface area is 191 Å². The number of aliphatic imine (C=N–C) groups is 1. The van der Waals surface area contributed by atoms with Crippen molar-refractivity contribution in [3.8, 4) is 0 Å². The number of hydrogen-bond acceptors (Lipinski definition) is 3. The van der Waals surface area contributed by atoms with Gasteiger partial charge in [-0.2, -0.15) is 0 Å². The summed E-state index contributed by atoms with van der Waals surface area (Å²) < 4.78 is 0. The minimum atomic E-state index is -0.852. The molecule has 4 atom stereocenters. The van der Waals surface area contributed by atoms with E-state index in [-0.39, 0.29) is 17.4 Å². The van der Waals surface area contributed by atoms with Crippen molar-refractivity contribution in [2.24, 2.45) is 33.9 Å². The fourth-order valence-corrected chi connectivity index (χ4v) is 6.93. The second-order valence-electron chi connectivity index (χ2n) is 10.6. The average Bonchev–Trinajstić information content (AvgIpc) is 3.12. The molecule has 2 aromatic carbocycles. The van der Waals surface area contributed by atoms with Crippen molar-refractivity contribution in [3.63, 3.8) is 0 Å². The van der Waals surface area contributed by atoms with E-state index in [2.05, 4.69) is 85.6 Å². The van der Waals surface area contributed by atoms with Crippen molar-refractivity contribution in [3.05, 3.63) is 71.8 Å². The van der Waals surface area contributed by atoms with E-state index in [9.17, 15) is 4.79 Å². The Hall–Kier alpha value is -2.46. The number of nitrogens with two attached hydrogens (primary N) is 1. The molecule has 1 saturated heterocycles. The van der Waals surface area contributed by atoms with E-state index < -0.39 is 5.54 Å². The largest absolute Gasteiger partial charge is 0.368 e. The monoisotopic (exact) mass is 429 g/mol. The van der Waals surface area contributed by atoms with E-state index in [1.807, 2.05) is 0 Å². The summed E-state index contributed by atoms with van der Waals surface area (Å²) >= 11 is 0. The summed E-state index contributed by atoms with van der Waals surface area (Å²) in [4.78, 5) is 21.0. The lowest BCUT2D eigenvalue weighted by molar-refractivity contribution is -0.135. The summed E-state index contributed by atoms with van der Waals surface area (Å²) in [6.07, 6.45) is 5.68. The quantitative estimate of drug-likeness (QED) is 0.686. The molecule has 4 bridgehead atoms. The molecule has 3 heterocycles. The highest BCUT2D eigenvalue weighted by atomic mass is 16.1. The first-order chi connectivity index (χ1) is 15.4. The van der Waals surface area contributed by atoms with Gasteiger partial charge in [0.15, 0.2) is 0 Å². The van der Waals surface area contributed by atoms with Crippen LogP contribution in [-0.4, -0.2) is 41.7 Å². The summed E-state index contributed by atoms with van der Waals surface area (Å²) in [5, 5.41) is 0. The molecule has 1 aliphatic carbocycles. The average molecular weight is 430 g/mol. The smallest absolute Gasteiger partial charge is 0.245 e. The Morgan fingerprint density at radius 3 is 2.19 bits per heavy atom. The van der Waals surface area contributed by atoms with E-state index in [0.717, 1.165) is 32.4 Å². The van der Waals surface area contributed by atoms with Gasteiger partial charge in [0.1, 0.15) is 5.54 Å². The van der Waals surface area contributed by atoms with Crippen LogP contribution in [0.25, 0.3) is 0 Å².